The van der Waals surface area contributed by atoms with Gasteiger partial charge in [0.1, 0.15) is 17.5 Å². The Balaban J connectivity index is 1.57. The highest BCUT2D eigenvalue weighted by molar-refractivity contribution is 7.98. The predicted octanol–water partition coefficient (Wildman–Crippen LogP) is 4.99. The molecule has 0 unspecified atom stereocenters. The van der Waals surface area contributed by atoms with E-state index < -0.39 is 16.1 Å². The number of rotatable bonds is 11. The molecular formula is C26H30N2O4S2. The minimum absolute atomic E-state index is 0.341. The van der Waals surface area contributed by atoms with Crippen LogP contribution in [0.5, 0.6) is 11.5 Å². The highest BCUT2D eigenvalue weighted by atomic mass is 32.2. The molecule has 6 nitrogen and oxygen atoms in total. The maximum atomic E-state index is 12.7. The zero-order valence-corrected chi connectivity index (χ0v) is 21.2. The molecule has 0 saturated carbocycles. The summed E-state index contributed by atoms with van der Waals surface area (Å²) in [6, 6.07) is 23.3. The number of nitrogens with one attached hydrogen (secondary N) is 1. The van der Waals surface area contributed by atoms with Crippen molar-refractivity contribution in [3.63, 3.8) is 0 Å². The van der Waals surface area contributed by atoms with Crippen molar-refractivity contribution >= 4 is 33.4 Å². The topological polar surface area (TPSA) is 75.7 Å². The zero-order chi connectivity index (χ0) is 24.6. The maximum Gasteiger partial charge on any atom is 0.243 e. The monoisotopic (exact) mass is 498 g/mol. The fourth-order valence-electron chi connectivity index (χ4n) is 3.44. The van der Waals surface area contributed by atoms with Gasteiger partial charge in [-0.25, -0.2) is 8.42 Å². The number of amides is 1. The van der Waals surface area contributed by atoms with E-state index in [1.807, 2.05) is 42.5 Å². The molecule has 3 aromatic rings. The Morgan fingerprint density at radius 3 is 2.24 bits per heavy atom. The summed E-state index contributed by atoms with van der Waals surface area (Å²) < 4.78 is 32.0. The number of benzene rings is 3. The highest BCUT2D eigenvalue weighted by Crippen LogP contribution is 2.27. The number of sulfonamides is 1. The first-order chi connectivity index (χ1) is 16.3. The summed E-state index contributed by atoms with van der Waals surface area (Å²) in [4.78, 5) is 12.7. The number of thioether (sulfide) groups is 1. The van der Waals surface area contributed by atoms with Gasteiger partial charge in [-0.2, -0.15) is 11.8 Å². The molecule has 0 aliphatic rings. The van der Waals surface area contributed by atoms with Gasteiger partial charge in [-0.3, -0.25) is 9.10 Å². The smallest absolute Gasteiger partial charge is 0.243 e. The fraction of sp³-hybridized carbons (Fsp3) is 0.269. The molecule has 0 aliphatic carbocycles. The number of para-hydroxylation sites is 1. The lowest BCUT2D eigenvalue weighted by Crippen LogP contribution is -2.48. The standard InChI is InChI=1S/C26H30N2O4S2/c1-20-9-7-8-10-22(20)19-33-18-17-27-26(29)21(2)28(34(3,30)31)23-13-15-25(16-14-23)32-24-11-5-4-6-12-24/h4-16,21H,17-19H2,1-3H3,(H,27,29)/t21-/m0/s1. The molecule has 0 aliphatic heterocycles. The van der Waals surface area contributed by atoms with Gasteiger partial charge in [-0.1, -0.05) is 42.5 Å². The first kappa shape index (κ1) is 25.6. The summed E-state index contributed by atoms with van der Waals surface area (Å²) in [6.07, 6.45) is 1.10. The minimum Gasteiger partial charge on any atom is -0.457 e. The summed E-state index contributed by atoms with van der Waals surface area (Å²) in [6.45, 7) is 4.13. The first-order valence-electron chi connectivity index (χ1n) is 11.0. The van der Waals surface area contributed by atoms with E-state index in [4.69, 9.17) is 4.74 Å². The Morgan fingerprint density at radius 1 is 0.971 bits per heavy atom. The third kappa shape index (κ3) is 7.27. The number of anilines is 1. The molecule has 180 valence electrons. The van der Waals surface area contributed by atoms with Crippen LogP contribution in [0.2, 0.25) is 0 Å². The lowest BCUT2D eigenvalue weighted by Gasteiger charge is -2.28. The summed E-state index contributed by atoms with van der Waals surface area (Å²) in [5.41, 5.74) is 2.92. The Labute approximate surface area is 206 Å². The lowest BCUT2D eigenvalue weighted by molar-refractivity contribution is -0.121. The largest absolute Gasteiger partial charge is 0.457 e. The van der Waals surface area contributed by atoms with Crippen molar-refractivity contribution in [3.8, 4) is 11.5 Å². The number of ether oxygens (including phenoxy) is 1. The van der Waals surface area contributed by atoms with Crippen LogP contribution in [0.25, 0.3) is 0 Å². The van der Waals surface area contributed by atoms with Crippen LogP contribution in [0.1, 0.15) is 18.1 Å². The highest BCUT2D eigenvalue weighted by Gasteiger charge is 2.29. The van der Waals surface area contributed by atoms with E-state index in [2.05, 4.69) is 24.4 Å². The van der Waals surface area contributed by atoms with Crippen LogP contribution in [0.3, 0.4) is 0 Å². The maximum absolute atomic E-state index is 12.7. The van der Waals surface area contributed by atoms with Crippen molar-refractivity contribution < 1.29 is 17.9 Å². The summed E-state index contributed by atoms with van der Waals surface area (Å²) >= 11 is 1.73. The number of hydrogen-bond donors (Lipinski definition) is 1. The molecule has 0 spiro atoms. The van der Waals surface area contributed by atoms with Gasteiger partial charge in [-0.05, 0) is 61.4 Å². The van der Waals surface area contributed by atoms with Crippen LogP contribution in [-0.4, -0.2) is 38.9 Å². The normalized spacial score (nSPS) is 12.1. The molecule has 3 rings (SSSR count). The Bertz CT molecular complexity index is 1180. The number of carbonyl (C=O) groups is 1. The van der Waals surface area contributed by atoms with E-state index in [0.717, 1.165) is 22.1 Å². The van der Waals surface area contributed by atoms with E-state index in [-0.39, 0.29) is 5.91 Å². The number of carbonyl (C=O) groups excluding carboxylic acids is 1. The molecular weight excluding hydrogens is 468 g/mol. The molecule has 1 N–H and O–H groups in total. The molecule has 8 heteroatoms. The van der Waals surface area contributed by atoms with E-state index in [9.17, 15) is 13.2 Å². The molecule has 0 aromatic heterocycles. The van der Waals surface area contributed by atoms with Gasteiger partial charge >= 0.3 is 0 Å². The molecule has 0 fully saturated rings. The van der Waals surface area contributed by atoms with Crippen LogP contribution < -0.4 is 14.4 Å². The predicted molar refractivity (Wildman–Crippen MR) is 140 cm³/mol. The van der Waals surface area contributed by atoms with Crippen LogP contribution >= 0.6 is 11.8 Å². The summed E-state index contributed by atoms with van der Waals surface area (Å²) in [5, 5.41) is 2.86. The minimum atomic E-state index is -3.68. The van der Waals surface area contributed by atoms with Gasteiger partial charge in [0.2, 0.25) is 15.9 Å². The second kappa shape index (κ2) is 11.9. The summed E-state index contributed by atoms with van der Waals surface area (Å²) in [7, 11) is -3.68. The van der Waals surface area contributed by atoms with E-state index in [1.165, 1.54) is 11.1 Å². The fourth-order valence-corrected chi connectivity index (χ4v) is 5.55. The first-order valence-corrected chi connectivity index (χ1v) is 14.0. The third-order valence-corrected chi connectivity index (χ3v) is 7.47. The Kier molecular flexibility index (Phi) is 9.01. The van der Waals surface area contributed by atoms with Gasteiger partial charge in [0, 0.05) is 18.1 Å². The third-order valence-electron chi connectivity index (χ3n) is 5.22. The molecule has 0 radical (unpaired) electrons. The van der Waals surface area contributed by atoms with E-state index in [1.54, 1.807) is 43.0 Å². The summed E-state index contributed by atoms with van der Waals surface area (Å²) in [5.74, 6) is 2.52. The Hall–Kier alpha value is -2.97. The molecule has 0 heterocycles. The molecule has 1 atom stereocenters. The van der Waals surface area contributed by atoms with Crippen molar-refractivity contribution in [2.75, 3.05) is 22.9 Å². The van der Waals surface area contributed by atoms with Gasteiger partial charge in [0.15, 0.2) is 0 Å². The lowest BCUT2D eigenvalue weighted by atomic mass is 10.1. The van der Waals surface area contributed by atoms with Crippen LogP contribution in [0, 0.1) is 6.92 Å². The molecule has 34 heavy (non-hydrogen) atoms. The SMILES string of the molecule is Cc1ccccc1CSCCNC(=O)[C@H](C)N(c1ccc(Oc2ccccc2)cc1)S(C)(=O)=O. The van der Waals surface area contributed by atoms with Crippen molar-refractivity contribution in [3.05, 3.63) is 90.0 Å². The quantitative estimate of drug-likeness (QED) is 0.377. The Morgan fingerprint density at radius 2 is 1.59 bits per heavy atom. The average Bonchev–Trinajstić information content (AvgIpc) is 2.81. The van der Waals surface area contributed by atoms with Crippen molar-refractivity contribution in [2.24, 2.45) is 0 Å². The van der Waals surface area contributed by atoms with Gasteiger partial charge in [0.25, 0.3) is 0 Å². The van der Waals surface area contributed by atoms with Crippen molar-refractivity contribution in [2.45, 2.75) is 25.6 Å². The molecule has 1 amide bonds. The number of hydrogen-bond acceptors (Lipinski definition) is 5. The van der Waals surface area contributed by atoms with Crippen molar-refractivity contribution in [1.29, 1.82) is 0 Å². The molecule has 0 bridgehead atoms. The van der Waals surface area contributed by atoms with Gasteiger partial charge in [-0.15, -0.1) is 0 Å². The van der Waals surface area contributed by atoms with Gasteiger partial charge in [0.05, 0.1) is 11.9 Å². The van der Waals surface area contributed by atoms with E-state index >= 15 is 0 Å². The van der Waals surface area contributed by atoms with Crippen LogP contribution in [0.15, 0.2) is 78.9 Å². The van der Waals surface area contributed by atoms with Crippen LogP contribution in [0.4, 0.5) is 5.69 Å². The zero-order valence-electron chi connectivity index (χ0n) is 19.6. The van der Waals surface area contributed by atoms with Crippen molar-refractivity contribution in [1.82, 2.24) is 5.32 Å². The van der Waals surface area contributed by atoms with Gasteiger partial charge < -0.3 is 10.1 Å². The molecule has 3 aromatic carbocycles. The second-order valence-corrected chi connectivity index (χ2v) is 10.9. The second-order valence-electron chi connectivity index (χ2n) is 7.91. The molecule has 0 saturated heterocycles. The van der Waals surface area contributed by atoms with Crippen LogP contribution in [-0.2, 0) is 20.6 Å². The number of nitrogens with zero attached hydrogens (tertiary/aromatic N) is 1. The van der Waals surface area contributed by atoms with E-state index in [0.29, 0.717) is 23.7 Å². The number of aryl methyl sites for hydroxylation is 1. The average molecular weight is 499 g/mol.